The zero-order valence-electron chi connectivity index (χ0n) is 10.6. The van der Waals surface area contributed by atoms with Gasteiger partial charge in [0.1, 0.15) is 5.69 Å². The highest BCUT2D eigenvalue weighted by Gasteiger charge is 2.06. The van der Waals surface area contributed by atoms with E-state index in [-0.39, 0.29) is 0 Å². The van der Waals surface area contributed by atoms with E-state index in [4.69, 9.17) is 5.73 Å². The fourth-order valence-corrected chi connectivity index (χ4v) is 2.14. The van der Waals surface area contributed by atoms with E-state index in [9.17, 15) is 0 Å². The van der Waals surface area contributed by atoms with Gasteiger partial charge in [-0.2, -0.15) is 0 Å². The van der Waals surface area contributed by atoms with Crippen LogP contribution in [0.1, 0.15) is 12.0 Å². The van der Waals surface area contributed by atoms with Crippen molar-refractivity contribution in [1.29, 1.82) is 0 Å². The van der Waals surface area contributed by atoms with Crippen molar-refractivity contribution in [3.8, 4) is 11.5 Å². The Labute approximate surface area is 111 Å². The molecule has 0 saturated carbocycles. The first-order valence-corrected chi connectivity index (χ1v) is 6.47. The topological polar surface area (TPSA) is 67.6 Å². The number of aromatic nitrogens is 3. The van der Waals surface area contributed by atoms with Crippen LogP contribution in [0.25, 0.3) is 22.6 Å². The summed E-state index contributed by atoms with van der Waals surface area (Å²) >= 11 is 0. The molecule has 0 radical (unpaired) electrons. The van der Waals surface area contributed by atoms with Crippen LogP contribution in [0, 0.1) is 0 Å². The highest BCUT2D eigenvalue weighted by Crippen LogP contribution is 2.20. The Hall–Kier alpha value is -2.20. The number of benzene rings is 1. The van der Waals surface area contributed by atoms with E-state index in [1.807, 2.05) is 24.3 Å². The molecule has 0 amide bonds. The SMILES string of the molecule is NCCCc1ccc2nc(-c3ccccn3)[nH]c2c1. The van der Waals surface area contributed by atoms with E-state index in [1.54, 1.807) is 6.20 Å². The summed E-state index contributed by atoms with van der Waals surface area (Å²) in [4.78, 5) is 12.2. The van der Waals surface area contributed by atoms with Crippen LogP contribution in [-0.4, -0.2) is 21.5 Å². The van der Waals surface area contributed by atoms with Gasteiger partial charge in [-0.05, 0) is 49.2 Å². The monoisotopic (exact) mass is 252 g/mol. The van der Waals surface area contributed by atoms with Gasteiger partial charge in [-0.25, -0.2) is 4.98 Å². The van der Waals surface area contributed by atoms with E-state index in [0.717, 1.165) is 41.9 Å². The number of rotatable bonds is 4. The van der Waals surface area contributed by atoms with Crippen molar-refractivity contribution in [3.63, 3.8) is 0 Å². The maximum Gasteiger partial charge on any atom is 0.157 e. The lowest BCUT2D eigenvalue weighted by Crippen LogP contribution is -2.00. The van der Waals surface area contributed by atoms with Gasteiger partial charge in [-0.1, -0.05) is 12.1 Å². The minimum atomic E-state index is 0.722. The summed E-state index contributed by atoms with van der Waals surface area (Å²) in [6.07, 6.45) is 3.78. The molecule has 1 aromatic carbocycles. The Morgan fingerprint density at radius 3 is 2.89 bits per heavy atom. The number of nitrogens with two attached hydrogens (primary N) is 1. The predicted molar refractivity (Wildman–Crippen MR) is 76.7 cm³/mol. The van der Waals surface area contributed by atoms with E-state index in [2.05, 4.69) is 27.1 Å². The summed E-state index contributed by atoms with van der Waals surface area (Å²) < 4.78 is 0. The van der Waals surface area contributed by atoms with Crippen LogP contribution in [0.2, 0.25) is 0 Å². The maximum absolute atomic E-state index is 5.54. The van der Waals surface area contributed by atoms with Crippen molar-refractivity contribution in [1.82, 2.24) is 15.0 Å². The van der Waals surface area contributed by atoms with Crippen LogP contribution >= 0.6 is 0 Å². The lowest BCUT2D eigenvalue weighted by Gasteiger charge is -1.98. The van der Waals surface area contributed by atoms with E-state index in [1.165, 1.54) is 5.56 Å². The number of aromatic amines is 1. The van der Waals surface area contributed by atoms with Crippen LogP contribution in [-0.2, 0) is 6.42 Å². The third-order valence-corrected chi connectivity index (χ3v) is 3.12. The first-order valence-electron chi connectivity index (χ1n) is 6.47. The van der Waals surface area contributed by atoms with Gasteiger partial charge < -0.3 is 10.7 Å². The van der Waals surface area contributed by atoms with Crippen molar-refractivity contribution in [2.45, 2.75) is 12.8 Å². The molecule has 0 saturated heterocycles. The molecule has 0 unspecified atom stereocenters. The van der Waals surface area contributed by atoms with Crippen molar-refractivity contribution in [3.05, 3.63) is 48.2 Å². The molecule has 19 heavy (non-hydrogen) atoms. The molecule has 0 spiro atoms. The summed E-state index contributed by atoms with van der Waals surface area (Å²) in [5.74, 6) is 0.812. The fourth-order valence-electron chi connectivity index (χ4n) is 2.14. The van der Waals surface area contributed by atoms with Gasteiger partial charge >= 0.3 is 0 Å². The summed E-state index contributed by atoms with van der Waals surface area (Å²) in [7, 11) is 0. The Morgan fingerprint density at radius 2 is 2.11 bits per heavy atom. The van der Waals surface area contributed by atoms with E-state index >= 15 is 0 Å². The molecule has 0 aliphatic heterocycles. The molecule has 2 heterocycles. The number of fused-ring (bicyclic) bond motifs is 1. The molecule has 0 bridgehead atoms. The molecular formula is C15H16N4. The Kier molecular flexibility index (Phi) is 3.25. The molecule has 3 aromatic rings. The molecule has 96 valence electrons. The van der Waals surface area contributed by atoms with Gasteiger partial charge in [-0.15, -0.1) is 0 Å². The van der Waals surface area contributed by atoms with Gasteiger partial charge in [0.25, 0.3) is 0 Å². The Bertz CT molecular complexity index is 673. The molecular weight excluding hydrogens is 236 g/mol. The number of imidazole rings is 1. The van der Waals surface area contributed by atoms with Crippen LogP contribution in [0.5, 0.6) is 0 Å². The molecule has 2 aromatic heterocycles. The smallest absolute Gasteiger partial charge is 0.157 e. The molecule has 3 rings (SSSR count). The third kappa shape index (κ3) is 2.48. The third-order valence-electron chi connectivity index (χ3n) is 3.12. The van der Waals surface area contributed by atoms with Gasteiger partial charge in [-0.3, -0.25) is 4.98 Å². The fraction of sp³-hybridized carbons (Fsp3) is 0.200. The summed E-state index contributed by atoms with van der Waals surface area (Å²) in [5.41, 5.74) is 9.71. The van der Waals surface area contributed by atoms with Crippen LogP contribution in [0.3, 0.4) is 0 Å². The standard InChI is InChI=1S/C15H16N4/c16-8-3-4-11-6-7-12-14(10-11)19-15(18-12)13-5-1-2-9-17-13/h1-2,5-7,9-10H,3-4,8,16H2,(H,18,19). The largest absolute Gasteiger partial charge is 0.337 e. The number of hydrogen-bond acceptors (Lipinski definition) is 3. The summed E-state index contributed by atoms with van der Waals surface area (Å²) in [6, 6.07) is 12.1. The molecule has 0 aliphatic rings. The first-order chi connectivity index (χ1) is 9.36. The van der Waals surface area contributed by atoms with Crippen molar-refractivity contribution in [2.24, 2.45) is 5.73 Å². The quantitative estimate of drug-likeness (QED) is 0.749. The Balaban J connectivity index is 1.97. The number of pyridine rings is 1. The summed E-state index contributed by atoms with van der Waals surface area (Å²) in [5, 5.41) is 0. The normalized spacial score (nSPS) is 11.0. The molecule has 3 N–H and O–H groups in total. The summed E-state index contributed by atoms with van der Waals surface area (Å²) in [6.45, 7) is 0.722. The molecule has 0 aliphatic carbocycles. The number of H-pyrrole nitrogens is 1. The maximum atomic E-state index is 5.54. The molecule has 0 fully saturated rings. The Morgan fingerprint density at radius 1 is 1.16 bits per heavy atom. The van der Waals surface area contributed by atoms with Gasteiger partial charge in [0.05, 0.1) is 11.0 Å². The van der Waals surface area contributed by atoms with Gasteiger partial charge in [0.15, 0.2) is 5.82 Å². The second-order valence-electron chi connectivity index (χ2n) is 4.54. The zero-order valence-corrected chi connectivity index (χ0v) is 10.6. The minimum Gasteiger partial charge on any atom is -0.337 e. The van der Waals surface area contributed by atoms with Crippen LogP contribution in [0.4, 0.5) is 0 Å². The minimum absolute atomic E-state index is 0.722. The van der Waals surface area contributed by atoms with E-state index in [0.29, 0.717) is 0 Å². The van der Waals surface area contributed by atoms with Crippen LogP contribution < -0.4 is 5.73 Å². The zero-order chi connectivity index (χ0) is 13.1. The van der Waals surface area contributed by atoms with Gasteiger partial charge in [0.2, 0.25) is 0 Å². The van der Waals surface area contributed by atoms with Crippen molar-refractivity contribution < 1.29 is 0 Å². The number of nitrogens with one attached hydrogen (secondary N) is 1. The number of nitrogens with zero attached hydrogens (tertiary/aromatic N) is 2. The highest BCUT2D eigenvalue weighted by molar-refractivity contribution is 5.79. The second kappa shape index (κ2) is 5.20. The molecule has 4 nitrogen and oxygen atoms in total. The van der Waals surface area contributed by atoms with Crippen molar-refractivity contribution >= 4 is 11.0 Å². The highest BCUT2D eigenvalue weighted by atomic mass is 14.9. The molecule has 0 atom stereocenters. The number of hydrogen-bond donors (Lipinski definition) is 2. The van der Waals surface area contributed by atoms with Gasteiger partial charge in [0, 0.05) is 6.20 Å². The predicted octanol–water partition coefficient (Wildman–Crippen LogP) is 2.52. The number of aryl methyl sites for hydroxylation is 1. The lowest BCUT2D eigenvalue weighted by atomic mass is 10.1. The van der Waals surface area contributed by atoms with Crippen LogP contribution in [0.15, 0.2) is 42.6 Å². The van der Waals surface area contributed by atoms with E-state index < -0.39 is 0 Å². The average molecular weight is 252 g/mol. The van der Waals surface area contributed by atoms with Crippen molar-refractivity contribution in [2.75, 3.05) is 6.54 Å². The second-order valence-corrected chi connectivity index (χ2v) is 4.54. The average Bonchev–Trinajstić information content (AvgIpc) is 2.89. The first kappa shape index (κ1) is 11.9. The molecule has 4 heteroatoms. The lowest BCUT2D eigenvalue weighted by molar-refractivity contribution is 0.833.